The number of nitrogens with one attached hydrogen (secondary N) is 1. The fourth-order valence-electron chi connectivity index (χ4n) is 2.82. The number of ether oxygens (including phenoxy) is 2. The molecule has 1 aliphatic rings. The van der Waals surface area contributed by atoms with Gasteiger partial charge in [-0.05, 0) is 67.3 Å². The molecule has 1 aliphatic heterocycles. The van der Waals surface area contributed by atoms with Crippen LogP contribution in [0.5, 0.6) is 11.5 Å². The lowest BCUT2D eigenvalue weighted by Crippen LogP contribution is -2.37. The summed E-state index contributed by atoms with van der Waals surface area (Å²) >= 11 is 0. The molecule has 26 heavy (non-hydrogen) atoms. The van der Waals surface area contributed by atoms with Crippen LogP contribution in [0.4, 0.5) is 4.39 Å². The lowest BCUT2D eigenvalue weighted by atomic mass is 9.98. The first-order chi connectivity index (χ1) is 12.6. The summed E-state index contributed by atoms with van der Waals surface area (Å²) in [5, 5.41) is 12.1. The molecular formula is C20H22FNO4. The van der Waals surface area contributed by atoms with Gasteiger partial charge in [-0.3, -0.25) is 4.79 Å². The fraction of sp³-hybridized carbons (Fsp3) is 0.350. The zero-order valence-electron chi connectivity index (χ0n) is 14.4. The smallest absolute Gasteiger partial charge is 0.251 e. The highest BCUT2D eigenvalue weighted by molar-refractivity contribution is 5.94. The normalized spacial score (nSPS) is 19.7. The second-order valence-corrected chi connectivity index (χ2v) is 6.42. The van der Waals surface area contributed by atoms with Crippen molar-refractivity contribution in [2.24, 2.45) is 5.92 Å². The molecular weight excluding hydrogens is 337 g/mol. The summed E-state index contributed by atoms with van der Waals surface area (Å²) in [7, 11) is 0. The Morgan fingerprint density at radius 1 is 1.15 bits per heavy atom. The molecule has 0 radical (unpaired) electrons. The number of benzene rings is 2. The van der Waals surface area contributed by atoms with Crippen molar-refractivity contribution in [3.63, 3.8) is 0 Å². The van der Waals surface area contributed by atoms with E-state index in [1.807, 2.05) is 0 Å². The molecule has 1 saturated heterocycles. The van der Waals surface area contributed by atoms with Gasteiger partial charge in [0.2, 0.25) is 0 Å². The maximum atomic E-state index is 12.9. The Kier molecular flexibility index (Phi) is 6.07. The number of halogens is 1. The van der Waals surface area contributed by atoms with Crippen molar-refractivity contribution in [1.29, 1.82) is 0 Å². The average Bonchev–Trinajstić information content (AvgIpc) is 2.67. The molecule has 6 heteroatoms. The SMILES string of the molecule is O=C(NC[C@H]1CC[C@@H](COc2ccc(F)cc2)OC1)c1ccc(O)cc1. The van der Waals surface area contributed by atoms with Crippen LogP contribution in [0.2, 0.25) is 0 Å². The van der Waals surface area contributed by atoms with E-state index in [1.54, 1.807) is 24.3 Å². The van der Waals surface area contributed by atoms with Crippen molar-refractivity contribution in [2.45, 2.75) is 18.9 Å². The quantitative estimate of drug-likeness (QED) is 0.832. The number of phenols is 1. The number of carbonyl (C=O) groups excluding carboxylic acids is 1. The summed E-state index contributed by atoms with van der Waals surface area (Å²) in [6.07, 6.45) is 1.79. The summed E-state index contributed by atoms with van der Waals surface area (Å²) in [5.74, 6) is 0.572. The summed E-state index contributed by atoms with van der Waals surface area (Å²) in [5.41, 5.74) is 0.519. The summed E-state index contributed by atoms with van der Waals surface area (Å²) in [4.78, 5) is 12.1. The topological polar surface area (TPSA) is 67.8 Å². The lowest BCUT2D eigenvalue weighted by Gasteiger charge is -2.29. The molecule has 2 aromatic rings. The molecule has 1 heterocycles. The van der Waals surface area contributed by atoms with Crippen molar-refractivity contribution in [3.05, 3.63) is 59.9 Å². The molecule has 1 amide bonds. The predicted molar refractivity (Wildman–Crippen MR) is 94.8 cm³/mol. The van der Waals surface area contributed by atoms with Crippen LogP contribution >= 0.6 is 0 Å². The Balaban J connectivity index is 1.36. The number of amides is 1. The fourth-order valence-corrected chi connectivity index (χ4v) is 2.82. The van der Waals surface area contributed by atoms with E-state index >= 15 is 0 Å². The minimum absolute atomic E-state index is 0.00380. The predicted octanol–water partition coefficient (Wildman–Crippen LogP) is 3.14. The van der Waals surface area contributed by atoms with Gasteiger partial charge in [0.1, 0.15) is 23.9 Å². The highest BCUT2D eigenvalue weighted by Crippen LogP contribution is 2.20. The second kappa shape index (κ2) is 8.67. The standard InChI is InChI=1S/C20H22FNO4/c21-16-4-9-18(10-5-16)26-13-19-8-1-14(12-25-19)11-22-20(24)15-2-6-17(23)7-3-15/h2-7,9-10,14,19,23H,1,8,11-13H2,(H,22,24)/t14-,19+/m1/s1. The molecule has 1 fully saturated rings. The molecule has 0 saturated carbocycles. The Morgan fingerprint density at radius 2 is 1.88 bits per heavy atom. The molecule has 0 bridgehead atoms. The third kappa shape index (κ3) is 5.20. The minimum atomic E-state index is -0.288. The monoisotopic (exact) mass is 359 g/mol. The highest BCUT2D eigenvalue weighted by atomic mass is 19.1. The number of carbonyl (C=O) groups is 1. The van der Waals surface area contributed by atoms with Crippen LogP contribution in [0.1, 0.15) is 23.2 Å². The zero-order chi connectivity index (χ0) is 18.4. The maximum absolute atomic E-state index is 12.9. The van der Waals surface area contributed by atoms with Crippen molar-refractivity contribution < 1.29 is 23.8 Å². The molecule has 2 N–H and O–H groups in total. The van der Waals surface area contributed by atoms with Gasteiger partial charge in [0.15, 0.2) is 0 Å². The Bertz CT molecular complexity index is 710. The van der Waals surface area contributed by atoms with Gasteiger partial charge >= 0.3 is 0 Å². The third-order valence-electron chi connectivity index (χ3n) is 4.39. The molecule has 5 nitrogen and oxygen atoms in total. The first-order valence-electron chi connectivity index (χ1n) is 8.67. The van der Waals surface area contributed by atoms with Gasteiger partial charge in [-0.2, -0.15) is 0 Å². The van der Waals surface area contributed by atoms with E-state index in [1.165, 1.54) is 24.3 Å². The first kappa shape index (κ1) is 18.2. The van der Waals surface area contributed by atoms with E-state index in [2.05, 4.69) is 5.32 Å². The molecule has 2 atom stereocenters. The molecule has 138 valence electrons. The number of hydrogen-bond donors (Lipinski definition) is 2. The molecule has 0 unspecified atom stereocenters. The van der Waals surface area contributed by atoms with Crippen LogP contribution in [0, 0.1) is 11.7 Å². The van der Waals surface area contributed by atoms with E-state index < -0.39 is 0 Å². The third-order valence-corrected chi connectivity index (χ3v) is 4.39. The minimum Gasteiger partial charge on any atom is -0.508 e. The number of aromatic hydroxyl groups is 1. The molecule has 0 aliphatic carbocycles. The summed E-state index contributed by atoms with van der Waals surface area (Å²) < 4.78 is 24.3. The molecule has 0 aromatic heterocycles. The number of phenolic OH excluding ortho intramolecular Hbond substituents is 1. The molecule has 3 rings (SSSR count). The van der Waals surface area contributed by atoms with Crippen molar-refractivity contribution >= 4 is 5.91 Å². The second-order valence-electron chi connectivity index (χ2n) is 6.42. The van der Waals surface area contributed by atoms with Crippen LogP contribution < -0.4 is 10.1 Å². The van der Waals surface area contributed by atoms with Crippen LogP contribution in [0.25, 0.3) is 0 Å². The van der Waals surface area contributed by atoms with E-state index in [0.29, 0.717) is 31.1 Å². The van der Waals surface area contributed by atoms with E-state index in [9.17, 15) is 14.3 Å². The van der Waals surface area contributed by atoms with E-state index in [0.717, 1.165) is 12.8 Å². The maximum Gasteiger partial charge on any atom is 0.251 e. The van der Waals surface area contributed by atoms with E-state index in [-0.39, 0.29) is 29.5 Å². The van der Waals surface area contributed by atoms with Gasteiger partial charge in [0.05, 0.1) is 12.7 Å². The van der Waals surface area contributed by atoms with Gasteiger partial charge in [-0.1, -0.05) is 0 Å². The van der Waals surface area contributed by atoms with Crippen LogP contribution in [-0.4, -0.2) is 36.9 Å². The Morgan fingerprint density at radius 3 is 2.54 bits per heavy atom. The zero-order valence-corrected chi connectivity index (χ0v) is 14.4. The van der Waals surface area contributed by atoms with Gasteiger partial charge < -0.3 is 19.9 Å². The van der Waals surface area contributed by atoms with Gasteiger partial charge in [0, 0.05) is 12.1 Å². The van der Waals surface area contributed by atoms with Crippen LogP contribution in [-0.2, 0) is 4.74 Å². The largest absolute Gasteiger partial charge is 0.508 e. The first-order valence-corrected chi connectivity index (χ1v) is 8.67. The van der Waals surface area contributed by atoms with Gasteiger partial charge in [-0.15, -0.1) is 0 Å². The number of rotatable bonds is 6. The highest BCUT2D eigenvalue weighted by Gasteiger charge is 2.22. The Hall–Kier alpha value is -2.60. The Labute approximate surface area is 151 Å². The van der Waals surface area contributed by atoms with Gasteiger partial charge in [0.25, 0.3) is 5.91 Å². The van der Waals surface area contributed by atoms with Crippen molar-refractivity contribution in [2.75, 3.05) is 19.8 Å². The van der Waals surface area contributed by atoms with E-state index in [4.69, 9.17) is 9.47 Å². The van der Waals surface area contributed by atoms with Gasteiger partial charge in [-0.25, -0.2) is 4.39 Å². The summed E-state index contributed by atoms with van der Waals surface area (Å²) in [6.45, 7) is 1.54. The molecule has 0 spiro atoms. The van der Waals surface area contributed by atoms with Crippen LogP contribution in [0.3, 0.4) is 0 Å². The number of hydrogen-bond acceptors (Lipinski definition) is 4. The van der Waals surface area contributed by atoms with Crippen molar-refractivity contribution in [3.8, 4) is 11.5 Å². The lowest BCUT2D eigenvalue weighted by molar-refractivity contribution is -0.0365. The molecule has 2 aromatic carbocycles. The summed E-state index contributed by atoms with van der Waals surface area (Å²) in [6, 6.07) is 12.1. The average molecular weight is 359 g/mol. The van der Waals surface area contributed by atoms with Crippen molar-refractivity contribution in [1.82, 2.24) is 5.32 Å². The van der Waals surface area contributed by atoms with Crippen LogP contribution in [0.15, 0.2) is 48.5 Å².